The SMILES string of the molecule is CN(C(=O)CCN1C(=O)/C(=C/c2cc(-c3ccc(F)c(F)c3)cs2)SC1=S)c1ccc(C(=O)O)cc1. The monoisotopic (exact) mass is 544 g/mol. The minimum absolute atomic E-state index is 0.0240. The van der Waals surface area contributed by atoms with Gasteiger partial charge in [0.15, 0.2) is 11.6 Å². The molecule has 4 rings (SSSR count). The van der Waals surface area contributed by atoms with Gasteiger partial charge in [-0.25, -0.2) is 13.6 Å². The summed E-state index contributed by atoms with van der Waals surface area (Å²) in [6.45, 7) is 0.100. The predicted octanol–water partition coefficient (Wildman–Crippen LogP) is 5.65. The van der Waals surface area contributed by atoms with E-state index in [1.54, 1.807) is 36.7 Å². The maximum Gasteiger partial charge on any atom is 0.335 e. The molecule has 0 saturated carbocycles. The second-order valence-electron chi connectivity index (χ2n) is 7.75. The lowest BCUT2D eigenvalue weighted by Crippen LogP contribution is -2.34. The van der Waals surface area contributed by atoms with Crippen LogP contribution < -0.4 is 4.90 Å². The third-order valence-corrected chi connectivity index (χ3v) is 7.70. The summed E-state index contributed by atoms with van der Waals surface area (Å²) in [7, 11) is 1.57. The van der Waals surface area contributed by atoms with Crippen LogP contribution in [-0.4, -0.2) is 45.7 Å². The van der Waals surface area contributed by atoms with E-state index in [2.05, 4.69) is 0 Å². The molecule has 1 saturated heterocycles. The molecule has 184 valence electrons. The first-order valence-corrected chi connectivity index (χ1v) is 12.6. The Hall–Kier alpha value is -3.41. The summed E-state index contributed by atoms with van der Waals surface area (Å²) in [5, 5.41) is 10.8. The molecule has 0 radical (unpaired) electrons. The van der Waals surface area contributed by atoms with Crippen molar-refractivity contribution in [3.05, 3.63) is 80.9 Å². The molecule has 0 aliphatic carbocycles. The molecule has 1 N–H and O–H groups in total. The van der Waals surface area contributed by atoms with Gasteiger partial charge in [0.25, 0.3) is 5.91 Å². The summed E-state index contributed by atoms with van der Waals surface area (Å²) in [4.78, 5) is 40.5. The highest BCUT2D eigenvalue weighted by atomic mass is 32.2. The van der Waals surface area contributed by atoms with Gasteiger partial charge >= 0.3 is 5.97 Å². The Bertz CT molecular complexity index is 1400. The molecule has 2 aromatic carbocycles. The summed E-state index contributed by atoms with van der Waals surface area (Å²) < 4.78 is 27.1. The van der Waals surface area contributed by atoms with Crippen LogP contribution in [0.4, 0.5) is 14.5 Å². The van der Waals surface area contributed by atoms with Crippen molar-refractivity contribution in [1.29, 1.82) is 0 Å². The number of rotatable bonds is 7. The van der Waals surface area contributed by atoms with Crippen molar-refractivity contribution in [2.24, 2.45) is 0 Å². The first kappa shape index (κ1) is 25.7. The van der Waals surface area contributed by atoms with Crippen molar-refractivity contribution in [2.45, 2.75) is 6.42 Å². The number of benzene rings is 2. The van der Waals surface area contributed by atoms with E-state index in [-0.39, 0.29) is 30.3 Å². The number of thioether (sulfide) groups is 1. The van der Waals surface area contributed by atoms with Gasteiger partial charge in [-0.2, -0.15) is 0 Å². The van der Waals surface area contributed by atoms with Gasteiger partial charge in [0, 0.05) is 30.6 Å². The fourth-order valence-electron chi connectivity index (χ4n) is 3.42. The smallest absolute Gasteiger partial charge is 0.335 e. The average molecular weight is 545 g/mol. The fourth-order valence-corrected chi connectivity index (χ4v) is 5.65. The number of hydrogen-bond donors (Lipinski definition) is 1. The van der Waals surface area contributed by atoms with Gasteiger partial charge in [-0.3, -0.25) is 14.5 Å². The minimum atomic E-state index is -1.05. The van der Waals surface area contributed by atoms with Crippen molar-refractivity contribution in [3.8, 4) is 11.1 Å². The molecule has 1 aliphatic heterocycles. The summed E-state index contributed by atoms with van der Waals surface area (Å²) in [6.07, 6.45) is 1.71. The first-order valence-electron chi connectivity index (χ1n) is 10.5. The maximum absolute atomic E-state index is 13.6. The van der Waals surface area contributed by atoms with Gasteiger partial charge in [-0.1, -0.05) is 30.0 Å². The third kappa shape index (κ3) is 5.53. The molecule has 1 fully saturated rings. The zero-order valence-electron chi connectivity index (χ0n) is 18.7. The minimum Gasteiger partial charge on any atom is -0.478 e. The van der Waals surface area contributed by atoms with E-state index in [1.807, 2.05) is 0 Å². The van der Waals surface area contributed by atoms with Crippen LogP contribution in [0.2, 0.25) is 0 Å². The maximum atomic E-state index is 13.6. The quantitative estimate of drug-likeness (QED) is 0.306. The highest BCUT2D eigenvalue weighted by molar-refractivity contribution is 8.26. The number of thiocarbonyl (C=S) groups is 1. The number of carbonyl (C=O) groups excluding carboxylic acids is 2. The van der Waals surface area contributed by atoms with E-state index in [0.29, 0.717) is 26.0 Å². The van der Waals surface area contributed by atoms with Gasteiger partial charge in [-0.05, 0) is 65.0 Å². The zero-order valence-corrected chi connectivity index (χ0v) is 21.2. The van der Waals surface area contributed by atoms with Gasteiger partial charge in [0.05, 0.1) is 10.5 Å². The largest absolute Gasteiger partial charge is 0.478 e. The van der Waals surface area contributed by atoms with Crippen molar-refractivity contribution in [3.63, 3.8) is 0 Å². The number of nitrogens with zero attached hydrogens (tertiary/aromatic N) is 2. The molecule has 1 aromatic heterocycles. The molecule has 0 spiro atoms. The molecule has 0 unspecified atom stereocenters. The van der Waals surface area contributed by atoms with Gasteiger partial charge in [0.2, 0.25) is 5.91 Å². The summed E-state index contributed by atoms with van der Waals surface area (Å²) in [5.41, 5.74) is 1.87. The highest BCUT2D eigenvalue weighted by Gasteiger charge is 2.32. The number of amides is 2. The van der Waals surface area contributed by atoms with Crippen LogP contribution in [0.3, 0.4) is 0 Å². The fraction of sp³-hybridized carbons (Fsp3) is 0.120. The number of carboxylic acid groups (broad SMARTS) is 1. The lowest BCUT2D eigenvalue weighted by molar-refractivity contribution is -0.123. The van der Waals surface area contributed by atoms with Crippen LogP contribution in [0.1, 0.15) is 21.7 Å². The molecular formula is C25H18F2N2O4S3. The molecule has 2 amide bonds. The Balaban J connectivity index is 1.40. The Morgan fingerprint density at radius 3 is 2.47 bits per heavy atom. The molecule has 3 aromatic rings. The molecule has 6 nitrogen and oxygen atoms in total. The summed E-state index contributed by atoms with van der Waals surface area (Å²) in [5.74, 6) is -3.47. The van der Waals surface area contributed by atoms with Crippen molar-refractivity contribution in [2.75, 3.05) is 18.5 Å². The lowest BCUT2D eigenvalue weighted by Gasteiger charge is -2.20. The van der Waals surface area contributed by atoms with E-state index in [1.165, 1.54) is 39.3 Å². The molecule has 2 heterocycles. The standard InChI is InChI=1S/C25H18F2N2O4S3/c1-28(17-5-2-14(3-6-17)24(32)33)22(30)8-9-29-23(31)21(36-25(29)34)12-18-10-16(13-35-18)15-4-7-19(26)20(27)11-15/h2-7,10-13H,8-9H2,1H3,(H,32,33)/b21-12-. The second-order valence-corrected chi connectivity index (χ2v) is 10.4. The van der Waals surface area contributed by atoms with Crippen LogP contribution in [0, 0.1) is 11.6 Å². The van der Waals surface area contributed by atoms with E-state index < -0.39 is 17.6 Å². The van der Waals surface area contributed by atoms with Crippen LogP contribution in [0.25, 0.3) is 17.2 Å². The predicted molar refractivity (Wildman–Crippen MR) is 141 cm³/mol. The second kappa shape index (κ2) is 10.7. The van der Waals surface area contributed by atoms with Crippen LogP contribution in [-0.2, 0) is 9.59 Å². The number of carbonyl (C=O) groups is 3. The van der Waals surface area contributed by atoms with E-state index in [4.69, 9.17) is 17.3 Å². The first-order chi connectivity index (χ1) is 17.1. The Labute approximate surface area is 218 Å². The summed E-state index contributed by atoms with van der Waals surface area (Å²) >= 11 is 7.83. The Morgan fingerprint density at radius 2 is 1.81 bits per heavy atom. The number of anilines is 1. The number of halogens is 2. The molecule has 1 aliphatic rings. The van der Waals surface area contributed by atoms with Gasteiger partial charge < -0.3 is 10.0 Å². The van der Waals surface area contributed by atoms with Crippen molar-refractivity contribution >= 4 is 69.2 Å². The van der Waals surface area contributed by atoms with Gasteiger partial charge in [0.1, 0.15) is 4.32 Å². The van der Waals surface area contributed by atoms with E-state index >= 15 is 0 Å². The lowest BCUT2D eigenvalue weighted by atomic mass is 10.1. The highest BCUT2D eigenvalue weighted by Crippen LogP contribution is 2.35. The van der Waals surface area contributed by atoms with Crippen molar-refractivity contribution in [1.82, 2.24) is 4.90 Å². The molecule has 0 atom stereocenters. The molecular weight excluding hydrogens is 526 g/mol. The Morgan fingerprint density at radius 1 is 1.08 bits per heavy atom. The topological polar surface area (TPSA) is 77.9 Å². The van der Waals surface area contributed by atoms with E-state index in [9.17, 15) is 23.2 Å². The molecule has 0 bridgehead atoms. The third-order valence-electron chi connectivity index (χ3n) is 5.44. The van der Waals surface area contributed by atoms with Crippen molar-refractivity contribution < 1.29 is 28.3 Å². The normalized spacial score (nSPS) is 14.5. The van der Waals surface area contributed by atoms with Crippen LogP contribution >= 0.6 is 35.3 Å². The Kier molecular flexibility index (Phi) is 7.62. The molecule has 11 heteroatoms. The number of carboxylic acids is 1. The zero-order chi connectivity index (χ0) is 26.0. The van der Waals surface area contributed by atoms with Gasteiger partial charge in [-0.15, -0.1) is 11.3 Å². The number of thiophene rings is 1. The number of hydrogen-bond acceptors (Lipinski definition) is 6. The molecule has 36 heavy (non-hydrogen) atoms. The van der Waals surface area contributed by atoms with Crippen LogP contribution in [0.15, 0.2) is 58.8 Å². The summed E-state index contributed by atoms with van der Waals surface area (Å²) in [6, 6.07) is 11.4. The number of aromatic carboxylic acids is 1. The average Bonchev–Trinajstić information content (AvgIpc) is 3.43. The van der Waals surface area contributed by atoms with E-state index in [0.717, 1.165) is 28.8 Å². The van der Waals surface area contributed by atoms with Crippen LogP contribution in [0.5, 0.6) is 0 Å².